The summed E-state index contributed by atoms with van der Waals surface area (Å²) in [6, 6.07) is 0. The molecule has 0 radical (unpaired) electrons. The van der Waals surface area contributed by atoms with E-state index in [1.807, 2.05) is 0 Å². The summed E-state index contributed by atoms with van der Waals surface area (Å²) in [6.45, 7) is -2.05. The summed E-state index contributed by atoms with van der Waals surface area (Å²) >= 11 is 0. The first-order chi connectivity index (χ1) is 11.8. The van der Waals surface area contributed by atoms with E-state index in [-0.39, 0.29) is 0 Å². The van der Waals surface area contributed by atoms with Crippen molar-refractivity contribution in [2.75, 3.05) is 19.8 Å². The SMILES string of the molecule is [N-]=[N+]=NC[C@H]1O[C@H](O[C@]2(CO)O[C@H](CO)[C@@H](O)[C@@H]2O)[C@H](O)[C@@H](O)[C@@H]1O. The van der Waals surface area contributed by atoms with Gasteiger partial charge in [-0.05, 0) is 5.53 Å². The molecular formula is C12H21N3O10. The molecule has 2 aliphatic heterocycles. The highest BCUT2D eigenvalue weighted by atomic mass is 16.8. The van der Waals surface area contributed by atoms with Gasteiger partial charge in [-0.25, -0.2) is 0 Å². The van der Waals surface area contributed by atoms with Gasteiger partial charge in [-0.15, -0.1) is 0 Å². The second kappa shape index (κ2) is 8.07. The molecule has 7 N–H and O–H groups in total. The lowest BCUT2D eigenvalue weighted by atomic mass is 9.98. The van der Waals surface area contributed by atoms with E-state index in [9.17, 15) is 30.6 Å². The molecule has 2 aliphatic rings. The molecule has 2 fully saturated rings. The minimum atomic E-state index is -2.25. The van der Waals surface area contributed by atoms with Crippen LogP contribution >= 0.6 is 0 Å². The third kappa shape index (κ3) is 3.72. The van der Waals surface area contributed by atoms with E-state index in [1.165, 1.54) is 0 Å². The minimum absolute atomic E-state index is 0.390. The molecule has 0 aromatic rings. The van der Waals surface area contributed by atoms with E-state index in [1.54, 1.807) is 0 Å². The van der Waals surface area contributed by atoms with Crippen LogP contribution in [0.5, 0.6) is 0 Å². The summed E-state index contributed by atoms with van der Waals surface area (Å²) in [6.07, 6.45) is -12.7. The molecule has 144 valence electrons. The molecule has 9 atom stereocenters. The molecule has 0 spiro atoms. The summed E-state index contributed by atoms with van der Waals surface area (Å²) in [7, 11) is 0. The first kappa shape index (κ1) is 20.2. The lowest BCUT2D eigenvalue weighted by Gasteiger charge is -2.43. The average molecular weight is 367 g/mol. The van der Waals surface area contributed by atoms with Gasteiger partial charge in [0, 0.05) is 4.91 Å². The van der Waals surface area contributed by atoms with Crippen molar-refractivity contribution in [2.24, 2.45) is 5.11 Å². The zero-order chi connectivity index (χ0) is 18.8. The number of hydrogen-bond donors (Lipinski definition) is 7. The third-order valence-electron chi connectivity index (χ3n) is 4.22. The third-order valence-corrected chi connectivity index (χ3v) is 4.22. The molecule has 25 heavy (non-hydrogen) atoms. The molecule has 0 aliphatic carbocycles. The predicted molar refractivity (Wildman–Crippen MR) is 75.6 cm³/mol. The van der Waals surface area contributed by atoms with E-state index >= 15 is 0 Å². The van der Waals surface area contributed by atoms with E-state index in [0.29, 0.717) is 0 Å². The molecule has 0 aromatic heterocycles. The Labute approximate surface area is 141 Å². The molecule has 0 bridgehead atoms. The molecule has 0 saturated carbocycles. The molecule has 2 rings (SSSR count). The largest absolute Gasteiger partial charge is 0.394 e. The van der Waals surface area contributed by atoms with Crippen LogP contribution in [0.15, 0.2) is 5.11 Å². The van der Waals surface area contributed by atoms with Crippen molar-refractivity contribution < 1.29 is 50.0 Å². The summed E-state index contributed by atoms with van der Waals surface area (Å²) in [4.78, 5) is 2.49. The highest BCUT2D eigenvalue weighted by Crippen LogP contribution is 2.35. The Hall–Kier alpha value is -1.09. The van der Waals surface area contributed by atoms with Crippen LogP contribution in [-0.4, -0.2) is 110 Å². The number of azide groups is 1. The summed E-state index contributed by atoms with van der Waals surface area (Å²) in [5.41, 5.74) is 8.34. The van der Waals surface area contributed by atoms with Crippen LogP contribution in [0, 0.1) is 0 Å². The maximum atomic E-state index is 10.1. The van der Waals surface area contributed by atoms with Gasteiger partial charge in [0.1, 0.15) is 43.2 Å². The van der Waals surface area contributed by atoms with Crippen LogP contribution in [0.3, 0.4) is 0 Å². The van der Waals surface area contributed by atoms with Gasteiger partial charge in [0.25, 0.3) is 0 Å². The van der Waals surface area contributed by atoms with Gasteiger partial charge >= 0.3 is 0 Å². The fraction of sp³-hybridized carbons (Fsp3) is 1.00. The van der Waals surface area contributed by atoms with Crippen LogP contribution in [-0.2, 0) is 14.2 Å². The molecule has 0 unspecified atom stereocenters. The van der Waals surface area contributed by atoms with Crippen molar-refractivity contribution in [1.29, 1.82) is 0 Å². The molecule has 13 nitrogen and oxygen atoms in total. The zero-order valence-electron chi connectivity index (χ0n) is 12.9. The van der Waals surface area contributed by atoms with Gasteiger partial charge < -0.3 is 50.0 Å². The number of nitrogens with zero attached hydrogens (tertiary/aromatic N) is 3. The first-order valence-electron chi connectivity index (χ1n) is 7.45. The molecular weight excluding hydrogens is 346 g/mol. The molecule has 0 amide bonds. The Kier molecular flexibility index (Phi) is 6.53. The smallest absolute Gasteiger partial charge is 0.224 e. The Morgan fingerprint density at radius 2 is 1.68 bits per heavy atom. The first-order valence-corrected chi connectivity index (χ1v) is 7.45. The van der Waals surface area contributed by atoms with Crippen LogP contribution in [0.2, 0.25) is 0 Å². The molecule has 13 heteroatoms. The monoisotopic (exact) mass is 367 g/mol. The number of aliphatic hydroxyl groups excluding tert-OH is 7. The summed E-state index contributed by atoms with van der Waals surface area (Å²) < 4.78 is 15.7. The normalized spacial score (nSPS) is 47.5. The van der Waals surface area contributed by atoms with Gasteiger partial charge in [-0.2, -0.15) is 0 Å². The van der Waals surface area contributed by atoms with Gasteiger partial charge in [0.2, 0.25) is 5.79 Å². The highest BCUT2D eigenvalue weighted by Gasteiger charge is 2.58. The van der Waals surface area contributed by atoms with E-state index in [2.05, 4.69) is 10.0 Å². The fourth-order valence-corrected chi connectivity index (χ4v) is 2.75. The number of aliphatic hydroxyl groups is 7. The topological polar surface area (TPSA) is 218 Å². The second-order valence-electron chi connectivity index (χ2n) is 5.79. The quantitative estimate of drug-likeness (QED) is 0.137. The fourth-order valence-electron chi connectivity index (χ4n) is 2.75. The second-order valence-corrected chi connectivity index (χ2v) is 5.79. The van der Waals surface area contributed by atoms with Crippen LogP contribution in [0.4, 0.5) is 0 Å². The van der Waals surface area contributed by atoms with Gasteiger partial charge in [0.15, 0.2) is 6.29 Å². The van der Waals surface area contributed by atoms with Gasteiger partial charge in [-0.3, -0.25) is 0 Å². The average Bonchev–Trinajstić information content (AvgIpc) is 2.86. The Balaban J connectivity index is 2.19. The van der Waals surface area contributed by atoms with Crippen LogP contribution in [0.1, 0.15) is 0 Å². The Morgan fingerprint density at radius 1 is 1.00 bits per heavy atom. The summed E-state index contributed by atoms with van der Waals surface area (Å²) in [5.74, 6) is -2.25. The Bertz CT molecular complexity index is 506. The standard InChI is InChI=1S/C12H21N3O10/c13-15-14-1-4-6(18)8(20)9(21)11(23-4)25-12(3-17)10(22)7(19)5(2-16)24-12/h4-11,16-22H,1-3H2/t4-,5-,6-,7-,8+,9-,10+,11-,12+/m1/s1. The van der Waals surface area contributed by atoms with Crippen molar-refractivity contribution in [2.45, 2.75) is 54.8 Å². The predicted octanol–water partition coefficient (Wildman–Crippen LogP) is -4.08. The molecule has 2 heterocycles. The maximum Gasteiger partial charge on any atom is 0.224 e. The van der Waals surface area contributed by atoms with Crippen molar-refractivity contribution in [3.8, 4) is 0 Å². The highest BCUT2D eigenvalue weighted by molar-refractivity contribution is 4.98. The van der Waals surface area contributed by atoms with Crippen LogP contribution < -0.4 is 0 Å². The van der Waals surface area contributed by atoms with E-state index in [0.717, 1.165) is 0 Å². The van der Waals surface area contributed by atoms with Crippen molar-refractivity contribution >= 4 is 0 Å². The van der Waals surface area contributed by atoms with E-state index < -0.39 is 74.6 Å². The van der Waals surface area contributed by atoms with Crippen molar-refractivity contribution in [3.63, 3.8) is 0 Å². The lowest BCUT2D eigenvalue weighted by Crippen LogP contribution is -2.62. The van der Waals surface area contributed by atoms with Gasteiger partial charge in [-0.1, -0.05) is 5.11 Å². The van der Waals surface area contributed by atoms with Crippen molar-refractivity contribution in [1.82, 2.24) is 0 Å². The zero-order valence-corrected chi connectivity index (χ0v) is 12.9. The summed E-state index contributed by atoms with van der Waals surface area (Å²) in [5, 5.41) is 71.5. The van der Waals surface area contributed by atoms with E-state index in [4.69, 9.17) is 24.8 Å². The Morgan fingerprint density at radius 3 is 2.20 bits per heavy atom. The van der Waals surface area contributed by atoms with Crippen LogP contribution in [0.25, 0.3) is 10.4 Å². The lowest BCUT2D eigenvalue weighted by molar-refractivity contribution is -0.381. The number of hydrogen-bond acceptors (Lipinski definition) is 11. The number of rotatable bonds is 6. The maximum absolute atomic E-state index is 10.1. The molecule has 0 aromatic carbocycles. The molecule has 2 saturated heterocycles. The van der Waals surface area contributed by atoms with Crippen molar-refractivity contribution in [3.05, 3.63) is 10.4 Å². The minimum Gasteiger partial charge on any atom is -0.394 e. The van der Waals surface area contributed by atoms with Gasteiger partial charge in [0.05, 0.1) is 19.3 Å². The number of ether oxygens (including phenoxy) is 3.